The lowest BCUT2D eigenvalue weighted by molar-refractivity contribution is -0.130. The van der Waals surface area contributed by atoms with Crippen LogP contribution in [-0.4, -0.2) is 29.8 Å². The number of nitrogens with one attached hydrogen (secondary N) is 1. The molecular weight excluding hydrogens is 242 g/mol. The van der Waals surface area contributed by atoms with Gasteiger partial charge in [0.2, 0.25) is 11.8 Å². The van der Waals surface area contributed by atoms with Gasteiger partial charge in [0.25, 0.3) is 0 Å². The molecule has 1 heterocycles. The van der Waals surface area contributed by atoms with E-state index in [0.29, 0.717) is 0 Å². The Morgan fingerprint density at radius 3 is 2.83 bits per heavy atom. The molecule has 0 atom stereocenters. The van der Waals surface area contributed by atoms with Crippen LogP contribution in [-0.2, 0) is 16.1 Å². The lowest BCUT2D eigenvalue weighted by atomic mass is 10.2. The van der Waals surface area contributed by atoms with E-state index in [1.54, 1.807) is 0 Å². The van der Waals surface area contributed by atoms with Crippen molar-refractivity contribution in [3.8, 4) is 0 Å². The zero-order chi connectivity index (χ0) is 13.1. The molecule has 2 amide bonds. The van der Waals surface area contributed by atoms with Crippen molar-refractivity contribution in [3.05, 3.63) is 35.4 Å². The summed E-state index contributed by atoms with van der Waals surface area (Å²) in [7, 11) is 0. The largest absolute Gasteiger partial charge is 0.347 e. The van der Waals surface area contributed by atoms with E-state index >= 15 is 0 Å². The van der Waals surface area contributed by atoms with E-state index in [1.165, 1.54) is 4.90 Å². The van der Waals surface area contributed by atoms with Gasteiger partial charge in [0.05, 0.1) is 6.54 Å². The molecule has 0 aromatic heterocycles. The smallest absolute Gasteiger partial charge is 0.242 e. The van der Waals surface area contributed by atoms with Crippen LogP contribution in [0.25, 0.3) is 0 Å². The van der Waals surface area contributed by atoms with Crippen molar-refractivity contribution in [2.75, 3.05) is 13.1 Å². The lowest BCUT2D eigenvalue weighted by Crippen LogP contribution is -2.35. The molecule has 0 bridgehead atoms. The van der Waals surface area contributed by atoms with Crippen molar-refractivity contribution < 1.29 is 18.4 Å². The number of hydrogen-bond donors (Lipinski definition) is 1. The van der Waals surface area contributed by atoms with E-state index in [0.717, 1.165) is 18.2 Å². The molecule has 0 radical (unpaired) electrons. The summed E-state index contributed by atoms with van der Waals surface area (Å²) in [5.74, 6) is -1.63. The molecule has 1 aromatic carbocycles. The van der Waals surface area contributed by atoms with Gasteiger partial charge >= 0.3 is 0 Å². The average molecular weight is 254 g/mol. The maximum atomic E-state index is 13.4. The summed E-state index contributed by atoms with van der Waals surface area (Å²) in [4.78, 5) is 24.1. The highest BCUT2D eigenvalue weighted by molar-refractivity contribution is 5.87. The number of halogens is 2. The third-order valence-corrected chi connectivity index (χ3v) is 2.77. The molecule has 0 unspecified atom stereocenters. The van der Waals surface area contributed by atoms with Gasteiger partial charge in [0.1, 0.15) is 11.6 Å². The van der Waals surface area contributed by atoms with Crippen LogP contribution in [0.2, 0.25) is 0 Å². The van der Waals surface area contributed by atoms with Gasteiger partial charge < -0.3 is 10.2 Å². The maximum absolute atomic E-state index is 13.4. The summed E-state index contributed by atoms with van der Waals surface area (Å²) in [6.07, 6.45) is 0.169. The molecule has 6 heteroatoms. The van der Waals surface area contributed by atoms with Crippen LogP contribution in [0.3, 0.4) is 0 Å². The normalized spacial score (nSPS) is 16.4. The fourth-order valence-electron chi connectivity index (χ4n) is 1.77. The van der Waals surface area contributed by atoms with Crippen molar-refractivity contribution in [1.29, 1.82) is 0 Å². The Kier molecular flexibility index (Phi) is 3.55. The van der Waals surface area contributed by atoms with Crippen molar-refractivity contribution in [2.24, 2.45) is 0 Å². The van der Waals surface area contributed by atoms with E-state index in [9.17, 15) is 18.4 Å². The number of hydrogen-bond acceptors (Lipinski definition) is 2. The summed E-state index contributed by atoms with van der Waals surface area (Å²) in [5, 5.41) is 2.44. The molecule has 2 rings (SSSR count). The second kappa shape index (κ2) is 5.12. The van der Waals surface area contributed by atoms with E-state index < -0.39 is 11.6 Å². The van der Waals surface area contributed by atoms with Crippen LogP contribution in [0.15, 0.2) is 18.2 Å². The maximum Gasteiger partial charge on any atom is 0.242 e. The predicted molar refractivity (Wildman–Crippen MR) is 59.4 cm³/mol. The van der Waals surface area contributed by atoms with Crippen LogP contribution in [0.5, 0.6) is 0 Å². The Morgan fingerprint density at radius 1 is 1.28 bits per heavy atom. The van der Waals surface area contributed by atoms with E-state index in [1.807, 2.05) is 0 Å². The van der Waals surface area contributed by atoms with E-state index in [4.69, 9.17) is 0 Å². The Bertz CT molecular complexity index is 491. The summed E-state index contributed by atoms with van der Waals surface area (Å²) in [6, 6.07) is 3.10. The van der Waals surface area contributed by atoms with Crippen LogP contribution in [0.1, 0.15) is 12.0 Å². The van der Waals surface area contributed by atoms with Gasteiger partial charge in [0, 0.05) is 25.1 Å². The molecular formula is C12H12F2N2O2. The highest BCUT2D eigenvalue weighted by atomic mass is 19.1. The number of nitrogens with zero attached hydrogens (tertiary/aromatic N) is 1. The fourth-order valence-corrected chi connectivity index (χ4v) is 1.77. The molecule has 0 aliphatic carbocycles. The monoisotopic (exact) mass is 254 g/mol. The van der Waals surface area contributed by atoms with E-state index in [2.05, 4.69) is 5.32 Å². The quantitative estimate of drug-likeness (QED) is 0.849. The summed E-state index contributed by atoms with van der Waals surface area (Å²) >= 11 is 0. The minimum atomic E-state index is -0.562. The van der Waals surface area contributed by atoms with Gasteiger partial charge in [-0.1, -0.05) is 0 Å². The molecule has 1 aliphatic heterocycles. The summed E-state index contributed by atoms with van der Waals surface area (Å²) < 4.78 is 26.4. The van der Waals surface area contributed by atoms with Gasteiger partial charge in [-0.05, 0) is 18.2 Å². The van der Waals surface area contributed by atoms with Crippen molar-refractivity contribution in [3.63, 3.8) is 0 Å². The van der Waals surface area contributed by atoms with Gasteiger partial charge in [-0.2, -0.15) is 0 Å². The highest BCUT2D eigenvalue weighted by Gasteiger charge is 2.21. The Hall–Kier alpha value is -1.98. The van der Waals surface area contributed by atoms with Crippen molar-refractivity contribution >= 4 is 11.8 Å². The molecule has 1 fully saturated rings. The summed E-state index contributed by atoms with van der Waals surface area (Å²) in [6.45, 7) is 0.0772. The van der Waals surface area contributed by atoms with Gasteiger partial charge in [-0.3, -0.25) is 9.59 Å². The first-order valence-electron chi connectivity index (χ1n) is 5.54. The fraction of sp³-hybridized carbons (Fsp3) is 0.333. The molecule has 4 nitrogen and oxygen atoms in total. The van der Waals surface area contributed by atoms with Crippen LogP contribution in [0, 0.1) is 11.6 Å². The molecule has 96 valence electrons. The first kappa shape index (κ1) is 12.5. The second-order valence-electron chi connectivity index (χ2n) is 4.08. The number of rotatable bonds is 2. The second-order valence-corrected chi connectivity index (χ2v) is 4.08. The molecule has 1 saturated heterocycles. The molecule has 1 aliphatic rings. The zero-order valence-electron chi connectivity index (χ0n) is 9.58. The molecule has 1 N–H and O–H groups in total. The minimum Gasteiger partial charge on any atom is -0.347 e. The SMILES string of the molecule is O=C1CCN(Cc2cc(F)ccc2F)C(=O)CN1. The zero-order valence-corrected chi connectivity index (χ0v) is 9.58. The third-order valence-electron chi connectivity index (χ3n) is 2.77. The van der Waals surface area contributed by atoms with Gasteiger partial charge in [0.15, 0.2) is 0 Å². The first-order chi connectivity index (χ1) is 8.56. The summed E-state index contributed by atoms with van der Waals surface area (Å²) in [5.41, 5.74) is 0.109. The van der Waals surface area contributed by atoms with Gasteiger partial charge in [-0.25, -0.2) is 8.78 Å². The minimum absolute atomic E-state index is 0.0304. The predicted octanol–water partition coefficient (Wildman–Crippen LogP) is 0.813. The topological polar surface area (TPSA) is 49.4 Å². The molecule has 18 heavy (non-hydrogen) atoms. The number of carbonyl (C=O) groups is 2. The third kappa shape index (κ3) is 2.82. The van der Waals surface area contributed by atoms with Crippen LogP contribution in [0.4, 0.5) is 8.78 Å². The van der Waals surface area contributed by atoms with Gasteiger partial charge in [-0.15, -0.1) is 0 Å². The van der Waals surface area contributed by atoms with E-state index in [-0.39, 0.29) is 43.4 Å². The average Bonchev–Trinajstić information content (AvgIpc) is 2.49. The Labute approximate surface area is 103 Å². The highest BCUT2D eigenvalue weighted by Crippen LogP contribution is 2.13. The molecule has 0 spiro atoms. The molecule has 1 aromatic rings. The Morgan fingerprint density at radius 2 is 2.06 bits per heavy atom. The standard InChI is InChI=1S/C12H12F2N2O2/c13-9-1-2-10(14)8(5-9)7-16-4-3-11(17)15-6-12(16)18/h1-2,5H,3-4,6-7H2,(H,15,17). The number of amides is 2. The number of benzene rings is 1. The number of carbonyl (C=O) groups excluding carboxylic acids is 2. The Balaban J connectivity index is 2.14. The first-order valence-corrected chi connectivity index (χ1v) is 5.54. The van der Waals surface area contributed by atoms with Crippen molar-refractivity contribution in [2.45, 2.75) is 13.0 Å². The van der Waals surface area contributed by atoms with Crippen molar-refractivity contribution in [1.82, 2.24) is 10.2 Å². The lowest BCUT2D eigenvalue weighted by Gasteiger charge is -2.20. The molecule has 0 saturated carbocycles. The van der Waals surface area contributed by atoms with Crippen LogP contribution >= 0.6 is 0 Å². The van der Waals surface area contributed by atoms with Crippen LogP contribution < -0.4 is 5.32 Å².